The van der Waals surface area contributed by atoms with Gasteiger partial charge in [0.15, 0.2) is 5.06 Å². The van der Waals surface area contributed by atoms with Crippen LogP contribution in [0.3, 0.4) is 0 Å². The van der Waals surface area contributed by atoms with Crippen LogP contribution >= 0.6 is 22.9 Å². The van der Waals surface area contributed by atoms with E-state index in [4.69, 9.17) is 21.1 Å². The first kappa shape index (κ1) is 21.8. The van der Waals surface area contributed by atoms with Crippen LogP contribution in [-0.4, -0.2) is 30.0 Å². The number of carbonyl (C=O) groups is 2. The minimum atomic E-state index is -0.572. The molecule has 0 amide bonds. The highest BCUT2D eigenvalue weighted by molar-refractivity contribution is 7.14. The Hall–Kier alpha value is -1.89. The molecule has 2 heterocycles. The summed E-state index contributed by atoms with van der Waals surface area (Å²) in [4.78, 5) is 28.2. The molecule has 5 nitrogen and oxygen atoms in total. The SMILES string of the molecule is CCOC(=O)[C@H](c1ccccc1Cl)N1CCc2sc(OC(=O)C(C)(C)C)cc2C1. The molecule has 3 rings (SSSR count). The molecule has 1 aromatic carbocycles. The first-order chi connectivity index (χ1) is 13.7. The molecule has 1 atom stereocenters. The minimum Gasteiger partial charge on any atom is -0.465 e. The van der Waals surface area contributed by atoms with Gasteiger partial charge in [0.1, 0.15) is 6.04 Å². The number of esters is 2. The van der Waals surface area contributed by atoms with Gasteiger partial charge in [0, 0.05) is 23.0 Å². The van der Waals surface area contributed by atoms with E-state index in [-0.39, 0.29) is 11.9 Å². The molecular formula is C22H26ClNO4S. The van der Waals surface area contributed by atoms with Gasteiger partial charge in [-0.1, -0.05) is 29.8 Å². The fourth-order valence-electron chi connectivity index (χ4n) is 3.23. The Morgan fingerprint density at radius 1 is 1.28 bits per heavy atom. The van der Waals surface area contributed by atoms with E-state index in [0.29, 0.717) is 29.8 Å². The molecule has 0 aliphatic carbocycles. The summed E-state index contributed by atoms with van der Waals surface area (Å²) < 4.78 is 10.9. The number of rotatable bonds is 5. The number of carbonyl (C=O) groups excluding carboxylic acids is 2. The average Bonchev–Trinajstić information content (AvgIpc) is 3.04. The minimum absolute atomic E-state index is 0.256. The monoisotopic (exact) mass is 435 g/mol. The van der Waals surface area contributed by atoms with Gasteiger partial charge >= 0.3 is 11.9 Å². The Kier molecular flexibility index (Phi) is 6.66. The molecule has 29 heavy (non-hydrogen) atoms. The predicted octanol–water partition coefficient (Wildman–Crippen LogP) is 5.02. The van der Waals surface area contributed by atoms with Crippen LogP contribution in [0.25, 0.3) is 0 Å². The van der Waals surface area contributed by atoms with E-state index in [1.54, 1.807) is 13.0 Å². The van der Waals surface area contributed by atoms with Crippen LogP contribution in [0.5, 0.6) is 5.06 Å². The molecule has 1 aliphatic heterocycles. The van der Waals surface area contributed by atoms with Gasteiger partial charge in [-0.15, -0.1) is 11.3 Å². The van der Waals surface area contributed by atoms with Gasteiger partial charge in [-0.3, -0.25) is 9.69 Å². The Morgan fingerprint density at radius 3 is 2.66 bits per heavy atom. The maximum Gasteiger partial charge on any atom is 0.328 e. The molecule has 0 radical (unpaired) electrons. The van der Waals surface area contributed by atoms with E-state index in [9.17, 15) is 9.59 Å². The number of nitrogens with zero attached hydrogens (tertiary/aromatic N) is 1. The summed E-state index contributed by atoms with van der Waals surface area (Å²) in [5, 5.41) is 1.14. The molecule has 156 valence electrons. The summed E-state index contributed by atoms with van der Waals surface area (Å²) in [5.74, 6) is -0.563. The van der Waals surface area contributed by atoms with Crippen molar-refractivity contribution in [3.8, 4) is 5.06 Å². The number of hydrogen-bond acceptors (Lipinski definition) is 6. The van der Waals surface area contributed by atoms with Crippen molar-refractivity contribution in [3.05, 3.63) is 51.4 Å². The smallest absolute Gasteiger partial charge is 0.328 e. The largest absolute Gasteiger partial charge is 0.465 e. The van der Waals surface area contributed by atoms with Crippen LogP contribution in [0.1, 0.15) is 49.7 Å². The van der Waals surface area contributed by atoms with Gasteiger partial charge in [-0.25, -0.2) is 4.79 Å². The molecule has 0 unspecified atom stereocenters. The summed E-state index contributed by atoms with van der Waals surface area (Å²) in [7, 11) is 0. The predicted molar refractivity (Wildman–Crippen MR) is 114 cm³/mol. The number of thiophene rings is 1. The second kappa shape index (κ2) is 8.86. The summed E-state index contributed by atoms with van der Waals surface area (Å²) >= 11 is 7.90. The summed E-state index contributed by atoms with van der Waals surface area (Å²) in [6.07, 6.45) is 0.771. The lowest BCUT2D eigenvalue weighted by atomic mass is 9.97. The fourth-order valence-corrected chi connectivity index (χ4v) is 4.48. The molecule has 1 aromatic heterocycles. The Labute approximate surface area is 180 Å². The van der Waals surface area contributed by atoms with Crippen LogP contribution in [0, 0.1) is 5.41 Å². The summed E-state index contributed by atoms with van der Waals surface area (Å²) in [5.41, 5.74) is 1.25. The van der Waals surface area contributed by atoms with Gasteiger partial charge in [-0.05, 0) is 57.4 Å². The zero-order chi connectivity index (χ0) is 21.2. The lowest BCUT2D eigenvalue weighted by Gasteiger charge is -2.33. The molecule has 0 saturated carbocycles. The highest BCUT2D eigenvalue weighted by atomic mass is 35.5. The fraction of sp³-hybridized carbons (Fsp3) is 0.455. The number of benzene rings is 1. The molecule has 7 heteroatoms. The number of ether oxygens (including phenoxy) is 2. The van der Waals surface area contributed by atoms with Crippen molar-refractivity contribution in [2.75, 3.05) is 13.2 Å². The molecule has 0 spiro atoms. The van der Waals surface area contributed by atoms with Crippen molar-refractivity contribution in [3.63, 3.8) is 0 Å². The van der Waals surface area contributed by atoms with E-state index in [2.05, 4.69) is 4.90 Å². The Balaban J connectivity index is 1.84. The third-order valence-corrected chi connectivity index (χ3v) is 6.21. The van der Waals surface area contributed by atoms with Crippen molar-refractivity contribution in [1.29, 1.82) is 0 Å². The zero-order valence-electron chi connectivity index (χ0n) is 17.2. The van der Waals surface area contributed by atoms with Gasteiger partial charge in [-0.2, -0.15) is 0 Å². The van der Waals surface area contributed by atoms with Crippen molar-refractivity contribution in [1.82, 2.24) is 4.90 Å². The van der Waals surface area contributed by atoms with Crippen molar-refractivity contribution < 1.29 is 19.1 Å². The van der Waals surface area contributed by atoms with Gasteiger partial charge in [0.05, 0.1) is 12.0 Å². The molecule has 2 aromatic rings. The molecular weight excluding hydrogens is 410 g/mol. The van der Waals surface area contributed by atoms with Crippen LogP contribution in [0.4, 0.5) is 0 Å². The van der Waals surface area contributed by atoms with Gasteiger partial charge in [0.25, 0.3) is 0 Å². The van der Waals surface area contributed by atoms with Crippen LogP contribution in [-0.2, 0) is 27.3 Å². The van der Waals surface area contributed by atoms with Crippen molar-refractivity contribution in [2.45, 2.75) is 46.7 Å². The summed E-state index contributed by atoms with van der Waals surface area (Å²) in [6, 6.07) is 8.70. The molecule has 0 bridgehead atoms. The quantitative estimate of drug-likeness (QED) is 0.617. The number of hydrogen-bond donors (Lipinski definition) is 0. The molecule has 0 saturated heterocycles. The summed E-state index contributed by atoms with van der Waals surface area (Å²) in [6.45, 7) is 8.85. The zero-order valence-corrected chi connectivity index (χ0v) is 18.7. The first-order valence-electron chi connectivity index (χ1n) is 9.69. The second-order valence-electron chi connectivity index (χ2n) is 8.05. The van der Waals surface area contributed by atoms with Crippen LogP contribution in [0.2, 0.25) is 5.02 Å². The van der Waals surface area contributed by atoms with Gasteiger partial charge in [0.2, 0.25) is 0 Å². The lowest BCUT2D eigenvalue weighted by molar-refractivity contribution is -0.150. The number of fused-ring (bicyclic) bond motifs is 1. The van der Waals surface area contributed by atoms with E-state index in [1.807, 2.05) is 45.0 Å². The average molecular weight is 436 g/mol. The molecule has 1 aliphatic rings. The lowest BCUT2D eigenvalue weighted by Crippen LogP contribution is -2.38. The normalized spacial score (nSPS) is 15.5. The van der Waals surface area contributed by atoms with E-state index in [0.717, 1.165) is 17.5 Å². The van der Waals surface area contributed by atoms with Crippen molar-refractivity contribution in [2.24, 2.45) is 5.41 Å². The standard InChI is InChI=1S/C22H26ClNO4S/c1-5-27-20(25)19(15-8-6-7-9-16(15)23)24-11-10-17-14(13-24)12-18(29-17)28-21(26)22(2,3)4/h6-9,12,19H,5,10-11,13H2,1-4H3/t19-/m0/s1. The maximum absolute atomic E-state index is 12.8. The third kappa shape index (κ3) is 5.00. The van der Waals surface area contributed by atoms with E-state index >= 15 is 0 Å². The Bertz CT molecular complexity index is 902. The van der Waals surface area contributed by atoms with Crippen LogP contribution < -0.4 is 4.74 Å². The van der Waals surface area contributed by atoms with Crippen molar-refractivity contribution >= 4 is 34.9 Å². The topological polar surface area (TPSA) is 55.8 Å². The Morgan fingerprint density at radius 2 is 2.00 bits per heavy atom. The first-order valence-corrected chi connectivity index (χ1v) is 10.9. The van der Waals surface area contributed by atoms with E-state index in [1.165, 1.54) is 16.2 Å². The molecule has 0 fully saturated rings. The third-order valence-electron chi connectivity index (χ3n) is 4.75. The highest BCUT2D eigenvalue weighted by Crippen LogP contribution is 2.38. The highest BCUT2D eigenvalue weighted by Gasteiger charge is 2.34. The second-order valence-corrected chi connectivity index (χ2v) is 9.56. The number of halogens is 1. The van der Waals surface area contributed by atoms with Crippen LogP contribution in [0.15, 0.2) is 30.3 Å². The van der Waals surface area contributed by atoms with Gasteiger partial charge < -0.3 is 9.47 Å². The molecule has 0 N–H and O–H groups in total. The van der Waals surface area contributed by atoms with E-state index < -0.39 is 11.5 Å². The maximum atomic E-state index is 12.8.